The number of anilines is 1. The molecule has 0 unspecified atom stereocenters. The maximum atomic E-state index is 12.4. The van der Waals surface area contributed by atoms with Gasteiger partial charge in [0.1, 0.15) is 0 Å². The molecule has 6 heteroatoms. The lowest BCUT2D eigenvalue weighted by Gasteiger charge is -2.26. The molecular weight excluding hydrogens is 302 g/mol. The smallest absolute Gasteiger partial charge is 0.253 e. The molecule has 2 rings (SSSR count). The number of hydrogen-bond acceptors (Lipinski definition) is 3. The summed E-state index contributed by atoms with van der Waals surface area (Å²) in [5.41, 5.74) is 1.32. The van der Waals surface area contributed by atoms with Crippen LogP contribution in [0.3, 0.4) is 0 Å². The summed E-state index contributed by atoms with van der Waals surface area (Å²) in [5, 5.41) is 5.76. The van der Waals surface area contributed by atoms with Gasteiger partial charge in [0, 0.05) is 37.3 Å². The van der Waals surface area contributed by atoms with Gasteiger partial charge in [-0.25, -0.2) is 0 Å². The van der Waals surface area contributed by atoms with E-state index < -0.39 is 0 Å². The monoisotopic (exact) mass is 325 g/mol. The summed E-state index contributed by atoms with van der Waals surface area (Å²) >= 11 is 0. The number of nitrogens with one attached hydrogen (secondary N) is 2. The third-order valence-electron chi connectivity index (χ3n) is 3.64. The Labute approximate surface area is 137 Å². The fourth-order valence-electron chi connectivity index (χ4n) is 2.47. The third kappa shape index (κ3) is 5.31. The Kier molecular flexibility index (Phi) is 7.91. The van der Waals surface area contributed by atoms with Crippen LogP contribution in [0.2, 0.25) is 0 Å². The van der Waals surface area contributed by atoms with Gasteiger partial charge < -0.3 is 15.5 Å². The Hall–Kier alpha value is -1.59. The summed E-state index contributed by atoms with van der Waals surface area (Å²) < 4.78 is 0. The highest BCUT2D eigenvalue weighted by atomic mass is 35.5. The van der Waals surface area contributed by atoms with E-state index in [1.165, 1.54) is 6.42 Å². The van der Waals surface area contributed by atoms with Crippen LogP contribution in [-0.4, -0.2) is 43.4 Å². The van der Waals surface area contributed by atoms with E-state index in [4.69, 9.17) is 0 Å². The first-order valence-corrected chi connectivity index (χ1v) is 7.54. The van der Waals surface area contributed by atoms with Gasteiger partial charge >= 0.3 is 0 Å². The Morgan fingerprint density at radius 2 is 1.91 bits per heavy atom. The maximum absolute atomic E-state index is 12.4. The molecular formula is C16H24ClN3O2. The zero-order valence-corrected chi connectivity index (χ0v) is 13.7. The number of halogens is 1. The predicted molar refractivity (Wildman–Crippen MR) is 90.6 cm³/mol. The highest BCUT2D eigenvalue weighted by Gasteiger charge is 2.18. The van der Waals surface area contributed by atoms with Crippen molar-refractivity contribution in [3.8, 4) is 0 Å². The van der Waals surface area contributed by atoms with Gasteiger partial charge in [0.2, 0.25) is 5.91 Å². The van der Waals surface area contributed by atoms with Crippen LogP contribution in [0.5, 0.6) is 0 Å². The first-order chi connectivity index (χ1) is 10.2. The molecule has 1 aromatic rings. The Morgan fingerprint density at radius 3 is 2.59 bits per heavy atom. The molecule has 0 aliphatic carbocycles. The minimum atomic E-state index is -0.0491. The van der Waals surface area contributed by atoms with E-state index in [2.05, 4.69) is 10.6 Å². The van der Waals surface area contributed by atoms with Crippen LogP contribution in [0, 0.1) is 0 Å². The molecule has 0 saturated carbocycles. The van der Waals surface area contributed by atoms with Crippen LogP contribution in [0.25, 0.3) is 0 Å². The van der Waals surface area contributed by atoms with Gasteiger partial charge in [-0.05, 0) is 44.5 Å². The van der Waals surface area contributed by atoms with Crippen LogP contribution in [-0.2, 0) is 4.79 Å². The fraction of sp³-hybridized carbons (Fsp3) is 0.500. The normalized spacial score (nSPS) is 14.1. The molecule has 1 aromatic carbocycles. The van der Waals surface area contributed by atoms with E-state index in [0.717, 1.165) is 25.9 Å². The van der Waals surface area contributed by atoms with Crippen LogP contribution in [0.4, 0.5) is 5.69 Å². The number of amides is 2. The molecule has 0 radical (unpaired) electrons. The van der Waals surface area contributed by atoms with Crippen LogP contribution in [0.15, 0.2) is 24.3 Å². The number of benzene rings is 1. The van der Waals surface area contributed by atoms with Crippen molar-refractivity contribution >= 4 is 29.9 Å². The molecule has 122 valence electrons. The van der Waals surface area contributed by atoms with Gasteiger partial charge in [0.05, 0.1) is 0 Å². The summed E-state index contributed by atoms with van der Waals surface area (Å²) in [7, 11) is 1.81. The van der Waals surface area contributed by atoms with Crippen LogP contribution >= 0.6 is 12.4 Å². The summed E-state index contributed by atoms with van der Waals surface area (Å²) in [5.74, 6) is 0.00736. The van der Waals surface area contributed by atoms with E-state index in [1.807, 2.05) is 24.1 Å². The average molecular weight is 326 g/mol. The van der Waals surface area contributed by atoms with E-state index in [0.29, 0.717) is 24.2 Å². The Balaban J connectivity index is 0.00000242. The summed E-state index contributed by atoms with van der Waals surface area (Å²) in [4.78, 5) is 26.0. The van der Waals surface area contributed by atoms with E-state index >= 15 is 0 Å². The van der Waals surface area contributed by atoms with Gasteiger partial charge in [0.15, 0.2) is 0 Å². The summed E-state index contributed by atoms with van der Waals surface area (Å²) in [6, 6.07) is 7.18. The number of likely N-dealkylation sites (tertiary alicyclic amines) is 1. The van der Waals surface area contributed by atoms with Gasteiger partial charge in [-0.3, -0.25) is 9.59 Å². The van der Waals surface area contributed by atoms with Gasteiger partial charge in [0.25, 0.3) is 5.91 Å². The summed E-state index contributed by atoms with van der Waals surface area (Å²) in [6.45, 7) is 2.30. The number of hydrogen-bond donors (Lipinski definition) is 2. The van der Waals surface area contributed by atoms with Crippen molar-refractivity contribution in [3.63, 3.8) is 0 Å². The van der Waals surface area contributed by atoms with Crippen LogP contribution < -0.4 is 10.6 Å². The Morgan fingerprint density at radius 1 is 1.18 bits per heavy atom. The van der Waals surface area contributed by atoms with E-state index in [9.17, 15) is 9.59 Å². The lowest BCUT2D eigenvalue weighted by Crippen LogP contribution is -2.35. The quantitative estimate of drug-likeness (QED) is 0.873. The van der Waals surface area contributed by atoms with Crippen molar-refractivity contribution in [2.24, 2.45) is 0 Å². The van der Waals surface area contributed by atoms with Gasteiger partial charge in [-0.1, -0.05) is 6.07 Å². The topological polar surface area (TPSA) is 61.4 Å². The van der Waals surface area contributed by atoms with Crippen molar-refractivity contribution in [1.29, 1.82) is 0 Å². The largest absolute Gasteiger partial charge is 0.339 e. The molecule has 1 aliphatic heterocycles. The summed E-state index contributed by atoms with van der Waals surface area (Å²) in [6.07, 6.45) is 3.77. The maximum Gasteiger partial charge on any atom is 0.253 e. The molecule has 1 fully saturated rings. The third-order valence-corrected chi connectivity index (χ3v) is 3.64. The van der Waals surface area contributed by atoms with Crippen molar-refractivity contribution in [2.75, 3.05) is 32.0 Å². The average Bonchev–Trinajstić information content (AvgIpc) is 2.53. The second kappa shape index (κ2) is 9.43. The number of rotatable bonds is 5. The molecule has 2 amide bonds. The molecule has 1 saturated heterocycles. The molecule has 5 nitrogen and oxygen atoms in total. The van der Waals surface area contributed by atoms with E-state index in [-0.39, 0.29) is 24.2 Å². The second-order valence-corrected chi connectivity index (χ2v) is 5.34. The molecule has 1 heterocycles. The highest BCUT2D eigenvalue weighted by molar-refractivity contribution is 5.97. The molecule has 0 bridgehead atoms. The van der Waals surface area contributed by atoms with Crippen LogP contribution in [0.1, 0.15) is 36.0 Å². The number of carbonyl (C=O) groups excluding carboxylic acids is 2. The lowest BCUT2D eigenvalue weighted by molar-refractivity contribution is -0.116. The highest BCUT2D eigenvalue weighted by Crippen LogP contribution is 2.16. The fourth-order valence-corrected chi connectivity index (χ4v) is 2.47. The molecule has 0 atom stereocenters. The lowest BCUT2D eigenvalue weighted by atomic mass is 10.1. The SMILES string of the molecule is CNCCC(=O)Nc1cccc(C(=O)N2CCCCC2)c1.Cl. The van der Waals surface area contributed by atoms with Crippen molar-refractivity contribution in [3.05, 3.63) is 29.8 Å². The van der Waals surface area contributed by atoms with Crippen molar-refractivity contribution in [2.45, 2.75) is 25.7 Å². The molecule has 1 aliphatic rings. The molecule has 0 aromatic heterocycles. The molecule has 2 N–H and O–H groups in total. The predicted octanol–water partition coefficient (Wildman–Crippen LogP) is 2.28. The Bertz CT molecular complexity index is 502. The first kappa shape index (κ1) is 18.5. The zero-order valence-electron chi connectivity index (χ0n) is 12.9. The number of carbonyl (C=O) groups is 2. The van der Waals surface area contributed by atoms with E-state index in [1.54, 1.807) is 12.1 Å². The molecule has 22 heavy (non-hydrogen) atoms. The molecule has 0 spiro atoms. The van der Waals surface area contributed by atoms with Crippen molar-refractivity contribution in [1.82, 2.24) is 10.2 Å². The minimum Gasteiger partial charge on any atom is -0.339 e. The first-order valence-electron chi connectivity index (χ1n) is 7.54. The number of piperidine rings is 1. The standard InChI is InChI=1S/C16H23N3O2.ClH/c1-17-9-8-15(20)18-14-7-5-6-13(12-14)16(21)19-10-3-2-4-11-19;/h5-7,12,17H,2-4,8-11H2,1H3,(H,18,20);1H. The van der Waals surface area contributed by atoms with Gasteiger partial charge in [-0.2, -0.15) is 0 Å². The second-order valence-electron chi connectivity index (χ2n) is 5.34. The van der Waals surface area contributed by atoms with Crippen molar-refractivity contribution < 1.29 is 9.59 Å². The zero-order chi connectivity index (χ0) is 15.1. The van der Waals surface area contributed by atoms with Gasteiger partial charge in [-0.15, -0.1) is 12.4 Å². The minimum absolute atomic E-state index is 0. The number of nitrogens with zero attached hydrogens (tertiary/aromatic N) is 1.